The van der Waals surface area contributed by atoms with Gasteiger partial charge >= 0.3 is 0 Å². The predicted molar refractivity (Wildman–Crippen MR) is 72.4 cm³/mol. The number of aryl methyl sites for hydroxylation is 1. The first-order valence-corrected chi connectivity index (χ1v) is 7.66. The molecule has 0 radical (unpaired) electrons. The molecule has 0 aliphatic rings. The van der Waals surface area contributed by atoms with Gasteiger partial charge in [0.2, 0.25) is 15.9 Å². The Kier molecular flexibility index (Phi) is 4.57. The van der Waals surface area contributed by atoms with Gasteiger partial charge in [0.1, 0.15) is 5.82 Å². The summed E-state index contributed by atoms with van der Waals surface area (Å²) in [6.45, 7) is 1.32. The van der Waals surface area contributed by atoms with Gasteiger partial charge in [0.05, 0.1) is 16.5 Å². The largest absolute Gasteiger partial charge is 0.340 e. The Hall–Kier alpha value is -1.55. The third-order valence-electron chi connectivity index (χ3n) is 2.60. The van der Waals surface area contributed by atoms with Crippen molar-refractivity contribution in [3.05, 3.63) is 40.3 Å². The monoisotopic (exact) mass is 334 g/mol. The maximum atomic E-state index is 13.6. The number of hydrogen-bond donors (Lipinski definition) is 2. The minimum Gasteiger partial charge on any atom is -0.340 e. The first-order chi connectivity index (χ1) is 9.83. The van der Waals surface area contributed by atoms with Crippen LogP contribution in [0.5, 0.6) is 0 Å². The highest BCUT2D eigenvalue weighted by molar-refractivity contribution is 7.89. The Morgan fingerprint density at radius 3 is 2.76 bits per heavy atom. The van der Waals surface area contributed by atoms with Gasteiger partial charge in [0.25, 0.3) is 0 Å². The van der Waals surface area contributed by atoms with Crippen molar-refractivity contribution in [2.45, 2.75) is 24.9 Å². The molecule has 0 atom stereocenters. The topological polar surface area (TPSA) is 111 Å². The first-order valence-electron chi connectivity index (χ1n) is 5.80. The lowest BCUT2D eigenvalue weighted by Crippen LogP contribution is -2.24. The standard InChI is InChI=1S/C11H12ClFN4O3S/c1-6-16-10(17-20-6)5-15-21(18,19)8-2-7(4-14)11(12)9(13)3-8/h2-3,15H,4-5,14H2,1H3. The molecule has 1 aromatic carbocycles. The van der Waals surface area contributed by atoms with Gasteiger partial charge in [-0.05, 0) is 17.7 Å². The van der Waals surface area contributed by atoms with E-state index in [0.29, 0.717) is 5.89 Å². The molecule has 10 heteroatoms. The van der Waals surface area contributed by atoms with Gasteiger partial charge in [-0.1, -0.05) is 16.8 Å². The number of sulfonamides is 1. The van der Waals surface area contributed by atoms with Crippen molar-refractivity contribution in [3.8, 4) is 0 Å². The molecule has 2 rings (SSSR count). The van der Waals surface area contributed by atoms with Crippen LogP contribution in [0.15, 0.2) is 21.6 Å². The smallest absolute Gasteiger partial charge is 0.241 e. The van der Waals surface area contributed by atoms with Gasteiger partial charge in [-0.3, -0.25) is 0 Å². The van der Waals surface area contributed by atoms with E-state index in [-0.39, 0.29) is 34.4 Å². The zero-order valence-corrected chi connectivity index (χ0v) is 12.5. The molecule has 0 bridgehead atoms. The molecule has 114 valence electrons. The summed E-state index contributed by atoms with van der Waals surface area (Å²) in [5, 5.41) is 3.36. The van der Waals surface area contributed by atoms with E-state index in [0.717, 1.165) is 6.07 Å². The molecule has 2 aromatic rings. The van der Waals surface area contributed by atoms with Crippen LogP contribution in [-0.2, 0) is 23.1 Å². The number of nitrogens with two attached hydrogens (primary N) is 1. The molecule has 0 amide bonds. The van der Waals surface area contributed by atoms with Crippen LogP contribution >= 0.6 is 11.6 Å². The molecular weight excluding hydrogens is 323 g/mol. The second-order valence-electron chi connectivity index (χ2n) is 4.14. The highest BCUT2D eigenvalue weighted by Crippen LogP contribution is 2.24. The summed E-state index contributed by atoms with van der Waals surface area (Å²) in [4.78, 5) is 3.58. The quantitative estimate of drug-likeness (QED) is 0.847. The van der Waals surface area contributed by atoms with Crippen LogP contribution in [-0.4, -0.2) is 18.6 Å². The third kappa shape index (κ3) is 3.56. The minimum atomic E-state index is -3.95. The van der Waals surface area contributed by atoms with Gasteiger partial charge < -0.3 is 10.3 Å². The van der Waals surface area contributed by atoms with Gasteiger partial charge in [0, 0.05) is 13.5 Å². The molecule has 0 unspecified atom stereocenters. The molecular formula is C11H12ClFN4O3S. The zero-order chi connectivity index (χ0) is 15.6. The molecule has 1 heterocycles. The number of hydrogen-bond acceptors (Lipinski definition) is 6. The zero-order valence-electron chi connectivity index (χ0n) is 10.9. The second-order valence-corrected chi connectivity index (χ2v) is 6.28. The SMILES string of the molecule is Cc1nc(CNS(=O)(=O)c2cc(F)c(Cl)c(CN)c2)no1. The highest BCUT2D eigenvalue weighted by atomic mass is 35.5. The van der Waals surface area contributed by atoms with Crippen molar-refractivity contribution in [2.75, 3.05) is 0 Å². The predicted octanol–water partition coefficient (Wildman–Crippen LogP) is 1.11. The summed E-state index contributed by atoms with van der Waals surface area (Å²) < 4.78 is 44.8. The van der Waals surface area contributed by atoms with Gasteiger partial charge in [-0.2, -0.15) is 4.98 Å². The second kappa shape index (κ2) is 6.06. The van der Waals surface area contributed by atoms with Crippen LogP contribution in [0.1, 0.15) is 17.3 Å². The van der Waals surface area contributed by atoms with E-state index in [2.05, 4.69) is 14.9 Å². The van der Waals surface area contributed by atoms with E-state index in [1.807, 2.05) is 0 Å². The fourth-order valence-corrected chi connectivity index (χ4v) is 2.81. The summed E-state index contributed by atoms with van der Waals surface area (Å²) in [7, 11) is -3.95. The van der Waals surface area contributed by atoms with E-state index in [1.165, 1.54) is 6.07 Å². The first kappa shape index (κ1) is 15.8. The van der Waals surface area contributed by atoms with Crippen molar-refractivity contribution >= 4 is 21.6 Å². The van der Waals surface area contributed by atoms with E-state index < -0.39 is 15.8 Å². The molecule has 0 aliphatic carbocycles. The van der Waals surface area contributed by atoms with E-state index >= 15 is 0 Å². The number of nitrogens with zero attached hydrogens (tertiary/aromatic N) is 2. The molecule has 7 nitrogen and oxygen atoms in total. The Morgan fingerprint density at radius 2 is 2.19 bits per heavy atom. The highest BCUT2D eigenvalue weighted by Gasteiger charge is 2.19. The molecule has 0 saturated heterocycles. The van der Waals surface area contributed by atoms with Crippen LogP contribution in [0, 0.1) is 12.7 Å². The Morgan fingerprint density at radius 1 is 1.48 bits per heavy atom. The average molecular weight is 335 g/mol. The third-order valence-corrected chi connectivity index (χ3v) is 4.40. The number of aromatic nitrogens is 2. The van der Waals surface area contributed by atoms with E-state index in [1.54, 1.807) is 6.92 Å². The fourth-order valence-electron chi connectivity index (χ4n) is 1.58. The van der Waals surface area contributed by atoms with Crippen LogP contribution in [0.2, 0.25) is 5.02 Å². The summed E-state index contributed by atoms with van der Waals surface area (Å²) in [5.41, 5.74) is 5.60. The summed E-state index contributed by atoms with van der Waals surface area (Å²) >= 11 is 5.69. The molecule has 1 aromatic heterocycles. The molecule has 0 fully saturated rings. The lowest BCUT2D eigenvalue weighted by atomic mass is 10.2. The van der Waals surface area contributed by atoms with Crippen LogP contribution in [0.4, 0.5) is 4.39 Å². The van der Waals surface area contributed by atoms with E-state index in [4.69, 9.17) is 21.9 Å². The lowest BCUT2D eigenvalue weighted by molar-refractivity contribution is 0.387. The molecule has 0 aliphatic heterocycles. The van der Waals surface area contributed by atoms with Crippen LogP contribution < -0.4 is 10.5 Å². The normalized spacial score (nSPS) is 11.8. The van der Waals surface area contributed by atoms with Crippen molar-refractivity contribution in [1.82, 2.24) is 14.9 Å². The molecule has 0 saturated carbocycles. The molecule has 0 spiro atoms. The Balaban J connectivity index is 2.25. The average Bonchev–Trinajstić information content (AvgIpc) is 2.85. The van der Waals surface area contributed by atoms with E-state index in [9.17, 15) is 12.8 Å². The number of halogens is 2. The van der Waals surface area contributed by atoms with Crippen LogP contribution in [0.25, 0.3) is 0 Å². The van der Waals surface area contributed by atoms with Crippen molar-refractivity contribution in [3.63, 3.8) is 0 Å². The minimum absolute atomic E-state index is 0.0802. The Bertz CT molecular complexity index is 763. The van der Waals surface area contributed by atoms with Gasteiger partial charge in [-0.15, -0.1) is 0 Å². The Labute approximate surface area is 125 Å². The van der Waals surface area contributed by atoms with Crippen LogP contribution in [0.3, 0.4) is 0 Å². The van der Waals surface area contributed by atoms with Crippen molar-refractivity contribution < 1.29 is 17.3 Å². The lowest BCUT2D eigenvalue weighted by Gasteiger charge is -2.08. The number of nitrogens with one attached hydrogen (secondary N) is 1. The summed E-state index contributed by atoms with van der Waals surface area (Å²) in [5.74, 6) is -0.368. The number of benzene rings is 1. The summed E-state index contributed by atoms with van der Waals surface area (Å²) in [6, 6.07) is 2.04. The van der Waals surface area contributed by atoms with Crippen molar-refractivity contribution in [1.29, 1.82) is 0 Å². The summed E-state index contributed by atoms with van der Waals surface area (Å²) in [6.07, 6.45) is 0. The maximum absolute atomic E-state index is 13.6. The van der Waals surface area contributed by atoms with Crippen molar-refractivity contribution in [2.24, 2.45) is 5.73 Å². The maximum Gasteiger partial charge on any atom is 0.241 e. The fraction of sp³-hybridized carbons (Fsp3) is 0.273. The molecule has 21 heavy (non-hydrogen) atoms. The van der Waals surface area contributed by atoms with Gasteiger partial charge in [-0.25, -0.2) is 17.5 Å². The van der Waals surface area contributed by atoms with Gasteiger partial charge in [0.15, 0.2) is 5.82 Å². The molecule has 3 N–H and O–H groups in total. The number of rotatable bonds is 5.